The molecule has 0 saturated heterocycles. The van der Waals surface area contributed by atoms with E-state index in [1.807, 2.05) is 39.0 Å². The second kappa shape index (κ2) is 7.53. The van der Waals surface area contributed by atoms with Crippen LogP contribution in [0.25, 0.3) is 0 Å². The van der Waals surface area contributed by atoms with Crippen LogP contribution in [0.3, 0.4) is 0 Å². The molecule has 0 aliphatic carbocycles. The molecule has 0 aromatic heterocycles. The number of nitrogens with one attached hydrogen (secondary N) is 2. The number of halogens is 1. The lowest BCUT2D eigenvalue weighted by Gasteiger charge is -2.19. The van der Waals surface area contributed by atoms with Gasteiger partial charge in [-0.3, -0.25) is 4.79 Å². The molecule has 1 amide bonds. The summed E-state index contributed by atoms with van der Waals surface area (Å²) in [6.45, 7) is 8.07. The second-order valence-electron chi connectivity index (χ2n) is 5.08. The molecule has 0 saturated carbocycles. The Balaban J connectivity index is 2.58. The number of anilines is 1. The quantitative estimate of drug-likeness (QED) is 0.833. The summed E-state index contributed by atoms with van der Waals surface area (Å²) in [5.74, 6) is 0.0404. The van der Waals surface area contributed by atoms with Gasteiger partial charge >= 0.3 is 0 Å². The number of benzene rings is 1. The molecule has 0 aliphatic heterocycles. The third-order valence-electron chi connectivity index (χ3n) is 2.93. The Labute approximate surface area is 124 Å². The van der Waals surface area contributed by atoms with Crippen molar-refractivity contribution < 1.29 is 4.79 Å². The fourth-order valence-electron chi connectivity index (χ4n) is 2.01. The highest BCUT2D eigenvalue weighted by atomic mass is 79.9. The number of carbonyl (C=O) groups excluding carboxylic acids is 1. The zero-order chi connectivity index (χ0) is 14.4. The van der Waals surface area contributed by atoms with Gasteiger partial charge in [0, 0.05) is 16.2 Å². The van der Waals surface area contributed by atoms with Crippen LogP contribution < -0.4 is 10.6 Å². The molecule has 19 heavy (non-hydrogen) atoms. The van der Waals surface area contributed by atoms with Crippen molar-refractivity contribution in [3.8, 4) is 0 Å². The van der Waals surface area contributed by atoms with Crippen LogP contribution in [0.15, 0.2) is 22.7 Å². The lowest BCUT2D eigenvalue weighted by molar-refractivity contribution is -0.122. The van der Waals surface area contributed by atoms with Gasteiger partial charge in [0.25, 0.3) is 0 Å². The van der Waals surface area contributed by atoms with E-state index in [0.717, 1.165) is 28.6 Å². The first-order valence-corrected chi connectivity index (χ1v) is 7.55. The summed E-state index contributed by atoms with van der Waals surface area (Å²) in [5.41, 5.74) is 2.11. The van der Waals surface area contributed by atoms with Crippen molar-refractivity contribution in [3.05, 3.63) is 28.2 Å². The number of carbonyl (C=O) groups is 1. The Morgan fingerprint density at radius 1 is 1.32 bits per heavy atom. The topological polar surface area (TPSA) is 41.1 Å². The minimum absolute atomic E-state index is 0.0404. The molecule has 2 atom stereocenters. The maximum Gasteiger partial charge on any atom is 0.242 e. The largest absolute Gasteiger partial charge is 0.374 e. The molecular formula is C15H23BrN2O. The first kappa shape index (κ1) is 16.0. The summed E-state index contributed by atoms with van der Waals surface area (Å²) < 4.78 is 1.02. The highest BCUT2D eigenvalue weighted by Crippen LogP contribution is 2.19. The Bertz CT molecular complexity index is 414. The van der Waals surface area contributed by atoms with Gasteiger partial charge in [-0.15, -0.1) is 0 Å². The number of rotatable bonds is 6. The van der Waals surface area contributed by atoms with Crippen LogP contribution in [-0.4, -0.2) is 18.0 Å². The van der Waals surface area contributed by atoms with Crippen LogP contribution in [0, 0.1) is 6.92 Å². The van der Waals surface area contributed by atoms with Crippen LogP contribution in [0.1, 0.15) is 39.2 Å². The molecule has 4 heteroatoms. The third kappa shape index (κ3) is 5.64. The van der Waals surface area contributed by atoms with E-state index in [4.69, 9.17) is 0 Å². The van der Waals surface area contributed by atoms with Gasteiger partial charge in [0.1, 0.15) is 6.04 Å². The van der Waals surface area contributed by atoms with Crippen LogP contribution in [-0.2, 0) is 4.79 Å². The average molecular weight is 327 g/mol. The predicted octanol–water partition coefficient (Wildman–Crippen LogP) is 3.86. The molecule has 0 heterocycles. The van der Waals surface area contributed by atoms with Crippen LogP contribution >= 0.6 is 15.9 Å². The molecule has 1 aromatic rings. The Hall–Kier alpha value is -1.03. The van der Waals surface area contributed by atoms with E-state index in [9.17, 15) is 4.79 Å². The van der Waals surface area contributed by atoms with E-state index in [1.54, 1.807) is 0 Å². The normalized spacial score (nSPS) is 13.7. The summed E-state index contributed by atoms with van der Waals surface area (Å²) in [7, 11) is 0. The molecule has 1 aromatic carbocycles. The summed E-state index contributed by atoms with van der Waals surface area (Å²) >= 11 is 3.46. The SMILES string of the molecule is CCCC(C)NC(=O)C(C)Nc1cc(C)cc(Br)c1. The van der Waals surface area contributed by atoms with Crippen molar-refractivity contribution in [3.63, 3.8) is 0 Å². The van der Waals surface area contributed by atoms with Gasteiger partial charge in [-0.05, 0) is 51.0 Å². The first-order chi connectivity index (χ1) is 8.92. The lowest BCUT2D eigenvalue weighted by Crippen LogP contribution is -2.42. The predicted molar refractivity (Wildman–Crippen MR) is 84.5 cm³/mol. The van der Waals surface area contributed by atoms with E-state index < -0.39 is 0 Å². The molecule has 0 spiro atoms. The summed E-state index contributed by atoms with van der Waals surface area (Å²) in [6, 6.07) is 6.04. The Morgan fingerprint density at radius 2 is 2.00 bits per heavy atom. The lowest BCUT2D eigenvalue weighted by atomic mass is 10.1. The average Bonchev–Trinajstić information content (AvgIpc) is 2.27. The van der Waals surface area contributed by atoms with Gasteiger partial charge in [0.05, 0.1) is 0 Å². The molecule has 2 N–H and O–H groups in total. The van der Waals surface area contributed by atoms with E-state index >= 15 is 0 Å². The number of aryl methyl sites for hydroxylation is 1. The van der Waals surface area contributed by atoms with Gasteiger partial charge in [-0.25, -0.2) is 0 Å². The van der Waals surface area contributed by atoms with Crippen molar-refractivity contribution in [2.75, 3.05) is 5.32 Å². The van der Waals surface area contributed by atoms with Crippen molar-refractivity contribution >= 4 is 27.5 Å². The molecule has 3 nitrogen and oxygen atoms in total. The highest BCUT2D eigenvalue weighted by molar-refractivity contribution is 9.10. The fourth-order valence-corrected chi connectivity index (χ4v) is 2.62. The van der Waals surface area contributed by atoms with Gasteiger partial charge in [-0.1, -0.05) is 29.3 Å². The van der Waals surface area contributed by atoms with Crippen LogP contribution in [0.5, 0.6) is 0 Å². The molecule has 0 radical (unpaired) electrons. The molecule has 106 valence electrons. The third-order valence-corrected chi connectivity index (χ3v) is 3.39. The van der Waals surface area contributed by atoms with Crippen molar-refractivity contribution in [1.82, 2.24) is 5.32 Å². The minimum atomic E-state index is -0.243. The van der Waals surface area contributed by atoms with Gasteiger partial charge < -0.3 is 10.6 Å². The molecule has 0 bridgehead atoms. The number of hydrogen-bond acceptors (Lipinski definition) is 2. The van der Waals surface area contributed by atoms with Crippen molar-refractivity contribution in [2.45, 2.75) is 52.6 Å². The molecule has 0 fully saturated rings. The Kier molecular flexibility index (Phi) is 6.35. The van der Waals surface area contributed by atoms with Gasteiger partial charge in [0.15, 0.2) is 0 Å². The standard InChI is InChI=1S/C15H23BrN2O/c1-5-6-11(3)17-15(19)12(4)18-14-8-10(2)7-13(16)9-14/h7-9,11-12,18H,5-6H2,1-4H3,(H,17,19). The summed E-state index contributed by atoms with van der Waals surface area (Å²) in [4.78, 5) is 12.0. The molecule has 1 rings (SSSR count). The van der Waals surface area contributed by atoms with Crippen LogP contribution in [0.2, 0.25) is 0 Å². The first-order valence-electron chi connectivity index (χ1n) is 6.76. The monoisotopic (exact) mass is 326 g/mol. The van der Waals surface area contributed by atoms with Gasteiger partial charge in [0.2, 0.25) is 5.91 Å². The molecule has 2 unspecified atom stereocenters. The minimum Gasteiger partial charge on any atom is -0.374 e. The smallest absolute Gasteiger partial charge is 0.242 e. The Morgan fingerprint density at radius 3 is 2.58 bits per heavy atom. The molecular weight excluding hydrogens is 304 g/mol. The highest BCUT2D eigenvalue weighted by Gasteiger charge is 2.14. The van der Waals surface area contributed by atoms with Crippen molar-refractivity contribution in [2.24, 2.45) is 0 Å². The van der Waals surface area contributed by atoms with E-state index in [1.165, 1.54) is 0 Å². The van der Waals surface area contributed by atoms with Crippen LogP contribution in [0.4, 0.5) is 5.69 Å². The number of hydrogen-bond donors (Lipinski definition) is 2. The maximum absolute atomic E-state index is 12.0. The fraction of sp³-hybridized carbons (Fsp3) is 0.533. The number of amides is 1. The van der Waals surface area contributed by atoms with E-state index in [0.29, 0.717) is 0 Å². The van der Waals surface area contributed by atoms with E-state index in [-0.39, 0.29) is 18.0 Å². The van der Waals surface area contributed by atoms with Crippen molar-refractivity contribution in [1.29, 1.82) is 0 Å². The second-order valence-corrected chi connectivity index (χ2v) is 6.00. The maximum atomic E-state index is 12.0. The van der Waals surface area contributed by atoms with Gasteiger partial charge in [-0.2, -0.15) is 0 Å². The zero-order valence-corrected chi connectivity index (χ0v) is 13.7. The van der Waals surface area contributed by atoms with E-state index in [2.05, 4.69) is 33.5 Å². The zero-order valence-electron chi connectivity index (χ0n) is 12.1. The summed E-state index contributed by atoms with van der Waals surface area (Å²) in [5, 5.41) is 6.25. The summed E-state index contributed by atoms with van der Waals surface area (Å²) in [6.07, 6.45) is 2.09. The molecule has 0 aliphatic rings.